The van der Waals surface area contributed by atoms with E-state index in [4.69, 9.17) is 0 Å². The zero-order valence-electron chi connectivity index (χ0n) is 11.4. The number of anilines is 1. The van der Waals surface area contributed by atoms with Crippen molar-refractivity contribution in [3.8, 4) is 0 Å². The summed E-state index contributed by atoms with van der Waals surface area (Å²) < 4.78 is 13.3. The van der Waals surface area contributed by atoms with E-state index < -0.39 is 0 Å². The Balaban J connectivity index is 1.82. The number of ketones is 1. The first-order valence-corrected chi connectivity index (χ1v) is 6.77. The fraction of sp³-hybridized carbons (Fsp3) is 0.235. The van der Waals surface area contributed by atoms with Crippen LogP contribution in [0, 0.1) is 12.7 Å². The Bertz CT molecular complexity index is 666. The standard InChI is InChI=1S/C17H16FNO/c1-12-4-2-3-5-15(12)17(20)11-19-9-8-13-6-7-14(18)10-16(13)19/h2-7,10H,8-9,11H2,1H3. The summed E-state index contributed by atoms with van der Waals surface area (Å²) in [5, 5.41) is 0. The molecule has 0 radical (unpaired) electrons. The molecule has 3 rings (SSSR count). The van der Waals surface area contributed by atoms with Crippen LogP contribution in [0.2, 0.25) is 0 Å². The molecule has 2 aromatic carbocycles. The van der Waals surface area contributed by atoms with Gasteiger partial charge in [-0.3, -0.25) is 4.79 Å². The zero-order chi connectivity index (χ0) is 14.1. The average molecular weight is 269 g/mol. The molecule has 0 amide bonds. The molecule has 102 valence electrons. The van der Waals surface area contributed by atoms with Crippen molar-refractivity contribution in [1.82, 2.24) is 0 Å². The van der Waals surface area contributed by atoms with Crippen LogP contribution in [-0.4, -0.2) is 18.9 Å². The zero-order valence-corrected chi connectivity index (χ0v) is 11.4. The Hall–Kier alpha value is -2.16. The Labute approximate surface area is 117 Å². The Morgan fingerprint density at radius 2 is 2.05 bits per heavy atom. The van der Waals surface area contributed by atoms with Gasteiger partial charge in [-0.15, -0.1) is 0 Å². The second-order valence-electron chi connectivity index (χ2n) is 5.18. The summed E-state index contributed by atoms with van der Waals surface area (Å²) in [7, 11) is 0. The van der Waals surface area contributed by atoms with Gasteiger partial charge in [-0.1, -0.05) is 30.3 Å². The number of rotatable bonds is 3. The molecular weight excluding hydrogens is 253 g/mol. The highest BCUT2D eigenvalue weighted by Gasteiger charge is 2.22. The molecule has 0 bridgehead atoms. The Morgan fingerprint density at radius 1 is 1.25 bits per heavy atom. The van der Waals surface area contributed by atoms with Crippen LogP contribution in [0.25, 0.3) is 0 Å². The summed E-state index contributed by atoms with van der Waals surface area (Å²) >= 11 is 0. The quantitative estimate of drug-likeness (QED) is 0.796. The molecule has 0 unspecified atom stereocenters. The van der Waals surface area contributed by atoms with E-state index in [1.807, 2.05) is 42.2 Å². The van der Waals surface area contributed by atoms with Gasteiger partial charge in [0, 0.05) is 17.8 Å². The van der Waals surface area contributed by atoms with Gasteiger partial charge < -0.3 is 4.90 Å². The topological polar surface area (TPSA) is 20.3 Å². The minimum absolute atomic E-state index is 0.0835. The van der Waals surface area contributed by atoms with Gasteiger partial charge in [0.15, 0.2) is 5.78 Å². The molecule has 1 aliphatic rings. The molecule has 2 nitrogen and oxygen atoms in total. The maximum atomic E-state index is 13.3. The van der Waals surface area contributed by atoms with Crippen LogP contribution in [0.4, 0.5) is 10.1 Å². The van der Waals surface area contributed by atoms with Crippen molar-refractivity contribution in [2.24, 2.45) is 0 Å². The van der Waals surface area contributed by atoms with Crippen LogP contribution in [0.15, 0.2) is 42.5 Å². The number of hydrogen-bond acceptors (Lipinski definition) is 2. The highest BCUT2D eigenvalue weighted by molar-refractivity contribution is 6.00. The van der Waals surface area contributed by atoms with Gasteiger partial charge in [-0.2, -0.15) is 0 Å². The van der Waals surface area contributed by atoms with Gasteiger partial charge in [-0.25, -0.2) is 4.39 Å². The molecule has 0 atom stereocenters. The number of aryl methyl sites for hydroxylation is 1. The first-order chi connectivity index (χ1) is 9.65. The van der Waals surface area contributed by atoms with Gasteiger partial charge in [0.25, 0.3) is 0 Å². The normalized spacial score (nSPS) is 13.4. The van der Waals surface area contributed by atoms with E-state index in [0.29, 0.717) is 6.54 Å². The maximum Gasteiger partial charge on any atom is 0.182 e. The molecule has 1 aliphatic heterocycles. The van der Waals surface area contributed by atoms with E-state index in [1.165, 1.54) is 12.1 Å². The summed E-state index contributed by atoms with van der Waals surface area (Å²) in [6, 6.07) is 12.4. The largest absolute Gasteiger partial charge is 0.363 e. The first-order valence-electron chi connectivity index (χ1n) is 6.77. The molecule has 20 heavy (non-hydrogen) atoms. The van der Waals surface area contributed by atoms with Crippen LogP contribution in [0.1, 0.15) is 21.5 Å². The lowest BCUT2D eigenvalue weighted by atomic mass is 10.0. The summed E-state index contributed by atoms with van der Waals surface area (Å²) in [4.78, 5) is 14.3. The molecule has 3 heteroatoms. The van der Waals surface area contributed by atoms with E-state index in [0.717, 1.165) is 35.3 Å². The summed E-state index contributed by atoms with van der Waals surface area (Å²) in [6.45, 7) is 3.02. The van der Waals surface area contributed by atoms with Crippen molar-refractivity contribution in [3.05, 3.63) is 65.0 Å². The monoisotopic (exact) mass is 269 g/mol. The summed E-state index contributed by atoms with van der Waals surface area (Å²) in [5.74, 6) is -0.167. The van der Waals surface area contributed by atoms with Crippen LogP contribution in [0.3, 0.4) is 0 Å². The maximum absolute atomic E-state index is 13.3. The summed E-state index contributed by atoms with van der Waals surface area (Å²) in [6.07, 6.45) is 0.872. The Kier molecular flexibility index (Phi) is 3.26. The number of benzene rings is 2. The van der Waals surface area contributed by atoms with E-state index in [9.17, 15) is 9.18 Å². The van der Waals surface area contributed by atoms with Crippen LogP contribution in [-0.2, 0) is 6.42 Å². The third-order valence-corrected chi connectivity index (χ3v) is 3.82. The van der Waals surface area contributed by atoms with Crippen molar-refractivity contribution in [3.63, 3.8) is 0 Å². The fourth-order valence-electron chi connectivity index (χ4n) is 2.73. The SMILES string of the molecule is Cc1ccccc1C(=O)CN1CCc2ccc(F)cc21. The third-order valence-electron chi connectivity index (χ3n) is 3.82. The van der Waals surface area contributed by atoms with Crippen molar-refractivity contribution in [2.45, 2.75) is 13.3 Å². The van der Waals surface area contributed by atoms with Crippen molar-refractivity contribution in [1.29, 1.82) is 0 Å². The molecule has 0 spiro atoms. The average Bonchev–Trinajstić information content (AvgIpc) is 2.82. The Morgan fingerprint density at radius 3 is 2.85 bits per heavy atom. The van der Waals surface area contributed by atoms with Gasteiger partial charge in [0.05, 0.1) is 6.54 Å². The number of carbonyl (C=O) groups excluding carboxylic acids is 1. The molecule has 0 saturated carbocycles. The molecule has 0 N–H and O–H groups in total. The van der Waals surface area contributed by atoms with Crippen molar-refractivity contribution >= 4 is 11.5 Å². The van der Waals surface area contributed by atoms with E-state index in [2.05, 4.69) is 0 Å². The number of nitrogens with zero attached hydrogens (tertiary/aromatic N) is 1. The van der Waals surface area contributed by atoms with Gasteiger partial charge in [0.2, 0.25) is 0 Å². The van der Waals surface area contributed by atoms with E-state index in [1.54, 1.807) is 0 Å². The number of fused-ring (bicyclic) bond motifs is 1. The highest BCUT2D eigenvalue weighted by Crippen LogP contribution is 2.28. The van der Waals surface area contributed by atoms with Crippen LogP contribution >= 0.6 is 0 Å². The van der Waals surface area contributed by atoms with Crippen molar-refractivity contribution in [2.75, 3.05) is 18.0 Å². The molecular formula is C17H16FNO. The molecule has 1 heterocycles. The molecule has 0 saturated heterocycles. The number of Topliss-reactive ketones (excluding diaryl/α,β-unsaturated/α-hetero) is 1. The van der Waals surface area contributed by atoms with Gasteiger partial charge in [0.1, 0.15) is 5.82 Å². The minimum atomic E-state index is -0.251. The molecule has 0 aromatic heterocycles. The lowest BCUT2D eigenvalue weighted by Gasteiger charge is -2.19. The second-order valence-corrected chi connectivity index (χ2v) is 5.18. The van der Waals surface area contributed by atoms with Crippen LogP contribution in [0.5, 0.6) is 0 Å². The third kappa shape index (κ3) is 2.31. The van der Waals surface area contributed by atoms with Crippen molar-refractivity contribution < 1.29 is 9.18 Å². The number of hydrogen-bond donors (Lipinski definition) is 0. The molecule has 0 aliphatic carbocycles. The predicted molar refractivity (Wildman–Crippen MR) is 77.8 cm³/mol. The number of carbonyl (C=O) groups is 1. The lowest BCUT2D eigenvalue weighted by molar-refractivity contribution is 0.0999. The summed E-state index contributed by atoms with van der Waals surface area (Å²) in [5.41, 5.74) is 3.70. The highest BCUT2D eigenvalue weighted by atomic mass is 19.1. The van der Waals surface area contributed by atoms with Crippen LogP contribution < -0.4 is 4.90 Å². The van der Waals surface area contributed by atoms with E-state index in [-0.39, 0.29) is 11.6 Å². The number of halogens is 1. The molecule has 2 aromatic rings. The fourth-order valence-corrected chi connectivity index (χ4v) is 2.73. The minimum Gasteiger partial charge on any atom is -0.363 e. The van der Waals surface area contributed by atoms with Gasteiger partial charge >= 0.3 is 0 Å². The lowest BCUT2D eigenvalue weighted by Crippen LogP contribution is -2.28. The van der Waals surface area contributed by atoms with E-state index >= 15 is 0 Å². The smallest absolute Gasteiger partial charge is 0.182 e. The predicted octanol–water partition coefficient (Wildman–Crippen LogP) is 3.38. The first kappa shape index (κ1) is 12.9. The van der Waals surface area contributed by atoms with Gasteiger partial charge in [-0.05, 0) is 36.6 Å². The molecule has 0 fully saturated rings. The second kappa shape index (κ2) is 5.08.